The predicted octanol–water partition coefficient (Wildman–Crippen LogP) is 2.57. The molecule has 1 aromatic carbocycles. The molecule has 0 radical (unpaired) electrons. The van der Waals surface area contributed by atoms with Gasteiger partial charge in [0.15, 0.2) is 0 Å². The zero-order valence-corrected chi connectivity index (χ0v) is 13.4. The highest BCUT2D eigenvalue weighted by Crippen LogP contribution is 2.33. The summed E-state index contributed by atoms with van der Waals surface area (Å²) in [5.74, 6) is 0.225. The second kappa shape index (κ2) is 6.52. The topological polar surface area (TPSA) is 69.4 Å². The number of ether oxygens (including phenoxy) is 2. The normalized spacial score (nSPS) is 18.5. The minimum Gasteiger partial charge on any atom is -0.510 e. The van der Waals surface area contributed by atoms with E-state index in [1.54, 1.807) is 11.0 Å². The van der Waals surface area contributed by atoms with Gasteiger partial charge in [0.25, 0.3) is 0 Å². The number of aromatic nitrogens is 3. The Kier molecular flexibility index (Phi) is 4.45. The lowest BCUT2D eigenvalue weighted by Crippen LogP contribution is -2.37. The molecule has 6 nitrogen and oxygen atoms in total. The van der Waals surface area contributed by atoms with Crippen molar-refractivity contribution in [3.05, 3.63) is 53.8 Å². The lowest BCUT2D eigenvalue weighted by atomic mass is 9.87. The molecule has 0 bridgehead atoms. The zero-order chi connectivity index (χ0) is 16.3. The van der Waals surface area contributed by atoms with Crippen LogP contribution in [0.25, 0.3) is 5.70 Å². The summed E-state index contributed by atoms with van der Waals surface area (Å²) in [5, 5.41) is 15.1. The van der Waals surface area contributed by atoms with Gasteiger partial charge in [0.2, 0.25) is 0 Å². The first kappa shape index (κ1) is 15.7. The van der Waals surface area contributed by atoms with Crippen LogP contribution in [0.5, 0.6) is 0 Å². The van der Waals surface area contributed by atoms with Gasteiger partial charge < -0.3 is 14.6 Å². The molecule has 23 heavy (non-hydrogen) atoms. The number of rotatable bonds is 4. The molecule has 1 fully saturated rings. The number of aryl methyl sites for hydroxylation is 1. The molecule has 0 atom stereocenters. The van der Waals surface area contributed by atoms with Crippen molar-refractivity contribution in [2.45, 2.75) is 20.3 Å². The van der Waals surface area contributed by atoms with E-state index in [9.17, 15) is 5.11 Å². The first-order chi connectivity index (χ1) is 11.1. The van der Waals surface area contributed by atoms with Crippen molar-refractivity contribution in [1.82, 2.24) is 14.8 Å². The quantitative estimate of drug-likeness (QED) is 0.878. The molecule has 122 valence electrons. The van der Waals surface area contributed by atoms with E-state index in [4.69, 9.17) is 9.47 Å². The number of hydrogen-bond acceptors (Lipinski definition) is 5. The molecule has 3 rings (SSSR count). The maximum absolute atomic E-state index is 10.9. The van der Waals surface area contributed by atoms with Gasteiger partial charge in [0.1, 0.15) is 25.2 Å². The lowest BCUT2D eigenvalue weighted by Gasteiger charge is -2.33. The summed E-state index contributed by atoms with van der Waals surface area (Å²) in [6.45, 7) is 5.05. The number of hydrogen-bond donors (Lipinski definition) is 1. The number of nitrogens with zero attached hydrogens (tertiary/aromatic N) is 3. The van der Waals surface area contributed by atoms with Crippen LogP contribution in [0, 0.1) is 12.3 Å². The van der Waals surface area contributed by atoms with Gasteiger partial charge in [0, 0.05) is 6.42 Å². The van der Waals surface area contributed by atoms with Crippen molar-refractivity contribution in [1.29, 1.82) is 0 Å². The van der Waals surface area contributed by atoms with Gasteiger partial charge in [-0.2, -0.15) is 5.10 Å². The summed E-state index contributed by atoms with van der Waals surface area (Å²) in [5.41, 5.74) is 2.38. The van der Waals surface area contributed by atoms with Gasteiger partial charge in [-0.1, -0.05) is 29.8 Å². The SMILES string of the molecule is Cc1ccc(CC(=C(O)C2(C)COCOC2)n2cncn2)cc1. The number of aliphatic hydroxyl groups excluding tert-OH is 1. The summed E-state index contributed by atoms with van der Waals surface area (Å²) in [6, 6.07) is 8.21. The highest BCUT2D eigenvalue weighted by Gasteiger charge is 2.35. The van der Waals surface area contributed by atoms with Crippen LogP contribution in [0.1, 0.15) is 18.1 Å². The summed E-state index contributed by atoms with van der Waals surface area (Å²) < 4.78 is 12.4. The fourth-order valence-corrected chi connectivity index (χ4v) is 2.64. The molecule has 0 spiro atoms. The van der Waals surface area contributed by atoms with Crippen molar-refractivity contribution in [3.8, 4) is 0 Å². The number of allylic oxidation sites excluding steroid dienone is 1. The predicted molar refractivity (Wildman–Crippen MR) is 85.6 cm³/mol. The Hall–Kier alpha value is -2.18. The van der Waals surface area contributed by atoms with E-state index in [1.165, 1.54) is 11.9 Å². The zero-order valence-electron chi connectivity index (χ0n) is 13.4. The van der Waals surface area contributed by atoms with Crippen LogP contribution in [0.15, 0.2) is 42.7 Å². The third-order valence-electron chi connectivity index (χ3n) is 4.04. The third-order valence-corrected chi connectivity index (χ3v) is 4.04. The summed E-state index contributed by atoms with van der Waals surface area (Å²) >= 11 is 0. The van der Waals surface area contributed by atoms with Crippen LogP contribution in [-0.4, -0.2) is 39.9 Å². The van der Waals surface area contributed by atoms with Gasteiger partial charge in [-0.05, 0) is 19.4 Å². The first-order valence-electron chi connectivity index (χ1n) is 7.57. The molecular weight excluding hydrogens is 294 g/mol. The van der Waals surface area contributed by atoms with Crippen molar-refractivity contribution < 1.29 is 14.6 Å². The molecule has 0 aliphatic carbocycles. The molecule has 1 N–H and O–H groups in total. The van der Waals surface area contributed by atoms with Gasteiger partial charge in [0.05, 0.1) is 24.3 Å². The van der Waals surface area contributed by atoms with Crippen LogP contribution >= 0.6 is 0 Å². The van der Waals surface area contributed by atoms with E-state index in [2.05, 4.69) is 34.3 Å². The molecule has 0 amide bonds. The fourth-order valence-electron chi connectivity index (χ4n) is 2.64. The second-order valence-electron chi connectivity index (χ2n) is 6.17. The van der Waals surface area contributed by atoms with Crippen molar-refractivity contribution in [2.24, 2.45) is 5.41 Å². The molecule has 1 aliphatic rings. The Morgan fingerprint density at radius 2 is 1.96 bits per heavy atom. The molecule has 2 heterocycles. The van der Waals surface area contributed by atoms with Crippen LogP contribution in [-0.2, 0) is 15.9 Å². The van der Waals surface area contributed by atoms with E-state index in [-0.39, 0.29) is 12.6 Å². The van der Waals surface area contributed by atoms with Crippen molar-refractivity contribution >= 4 is 5.70 Å². The lowest BCUT2D eigenvalue weighted by molar-refractivity contribution is -0.155. The maximum Gasteiger partial charge on any atom is 0.146 e. The largest absolute Gasteiger partial charge is 0.510 e. The first-order valence-corrected chi connectivity index (χ1v) is 7.57. The van der Waals surface area contributed by atoms with Crippen LogP contribution in [0.4, 0.5) is 0 Å². The Balaban J connectivity index is 1.98. The Labute approximate surface area is 135 Å². The van der Waals surface area contributed by atoms with Gasteiger partial charge in [-0.15, -0.1) is 0 Å². The standard InChI is InChI=1S/C17H21N3O3/c1-13-3-5-14(6-4-13)7-15(20-11-18-10-19-20)16(21)17(2)8-22-12-23-9-17/h3-6,10-11,21H,7-9,12H2,1-2H3. The van der Waals surface area contributed by atoms with Crippen molar-refractivity contribution in [2.75, 3.05) is 20.0 Å². The number of aliphatic hydroxyl groups is 1. The third kappa shape index (κ3) is 3.43. The molecule has 6 heteroatoms. The summed E-state index contributed by atoms with van der Waals surface area (Å²) in [4.78, 5) is 3.99. The van der Waals surface area contributed by atoms with Crippen LogP contribution < -0.4 is 0 Å². The highest BCUT2D eigenvalue weighted by atomic mass is 16.7. The van der Waals surface area contributed by atoms with E-state index in [0.29, 0.717) is 25.3 Å². The smallest absolute Gasteiger partial charge is 0.146 e. The molecule has 2 aromatic rings. The van der Waals surface area contributed by atoms with E-state index < -0.39 is 5.41 Å². The minimum atomic E-state index is -0.593. The monoisotopic (exact) mass is 315 g/mol. The summed E-state index contributed by atoms with van der Waals surface area (Å²) in [6.07, 6.45) is 3.59. The fraction of sp³-hybridized carbons (Fsp3) is 0.412. The second-order valence-corrected chi connectivity index (χ2v) is 6.17. The number of benzene rings is 1. The Bertz CT molecular complexity index is 672. The molecule has 0 saturated carbocycles. The van der Waals surface area contributed by atoms with Gasteiger partial charge >= 0.3 is 0 Å². The molecule has 1 aliphatic heterocycles. The molecule has 1 aromatic heterocycles. The minimum absolute atomic E-state index is 0.225. The highest BCUT2D eigenvalue weighted by molar-refractivity contribution is 5.52. The average Bonchev–Trinajstić information content (AvgIpc) is 3.08. The van der Waals surface area contributed by atoms with Gasteiger partial charge in [-0.25, -0.2) is 9.67 Å². The van der Waals surface area contributed by atoms with E-state index in [0.717, 1.165) is 5.56 Å². The van der Waals surface area contributed by atoms with E-state index in [1.807, 2.05) is 13.8 Å². The molecule has 1 saturated heterocycles. The molecule has 0 unspecified atom stereocenters. The van der Waals surface area contributed by atoms with E-state index >= 15 is 0 Å². The Morgan fingerprint density at radius 3 is 2.57 bits per heavy atom. The molecular formula is C17H21N3O3. The average molecular weight is 315 g/mol. The van der Waals surface area contributed by atoms with Crippen LogP contribution in [0.2, 0.25) is 0 Å². The van der Waals surface area contributed by atoms with Crippen molar-refractivity contribution in [3.63, 3.8) is 0 Å². The summed E-state index contributed by atoms with van der Waals surface area (Å²) in [7, 11) is 0. The Morgan fingerprint density at radius 1 is 1.26 bits per heavy atom. The van der Waals surface area contributed by atoms with Gasteiger partial charge in [-0.3, -0.25) is 0 Å². The maximum atomic E-state index is 10.9. The van der Waals surface area contributed by atoms with Crippen LogP contribution in [0.3, 0.4) is 0 Å².